The number of pyridine rings is 1. The van der Waals surface area contributed by atoms with Crippen LogP contribution >= 0.6 is 0 Å². The molecule has 0 atom stereocenters. The maximum Gasteiger partial charge on any atom is 0.121 e. The Hall–Kier alpha value is -4.27. The van der Waals surface area contributed by atoms with Crippen molar-refractivity contribution in [2.75, 3.05) is 0 Å². The molecule has 50 heavy (non-hydrogen) atoms. The molecule has 1 radical (unpaired) electrons. The van der Waals surface area contributed by atoms with Crippen molar-refractivity contribution in [1.82, 2.24) is 15.0 Å². The zero-order chi connectivity index (χ0) is 38.9. The van der Waals surface area contributed by atoms with Gasteiger partial charge in [-0.25, -0.2) is 0 Å². The molecule has 0 unspecified atom stereocenters. The summed E-state index contributed by atoms with van der Waals surface area (Å²) in [5.74, 6) is 0.746. The summed E-state index contributed by atoms with van der Waals surface area (Å²) < 4.78 is 50.2. The van der Waals surface area contributed by atoms with Crippen LogP contribution in [0.4, 0.5) is 0 Å². The van der Waals surface area contributed by atoms with Gasteiger partial charge in [0.15, 0.2) is 0 Å². The van der Waals surface area contributed by atoms with E-state index in [0.717, 1.165) is 33.3 Å². The Kier molecular flexibility index (Phi) is 7.21. The van der Waals surface area contributed by atoms with Crippen LogP contribution in [0.3, 0.4) is 0 Å². The average Bonchev–Trinajstić information content (AvgIpc) is 3.53. The summed E-state index contributed by atoms with van der Waals surface area (Å²) in [6.45, 7) is 5.48. The second-order valence-corrected chi connectivity index (χ2v) is 23.7. The molecule has 5 aromatic carbocycles. The molecule has 0 amide bonds. The zero-order valence-electron chi connectivity index (χ0n) is 34.3. The number of furan rings is 1. The van der Waals surface area contributed by atoms with Gasteiger partial charge < -0.3 is 9.40 Å². The van der Waals surface area contributed by atoms with E-state index in [9.17, 15) is 0 Å². The smallest absolute Gasteiger partial charge is 0.121 e. The van der Waals surface area contributed by atoms with Gasteiger partial charge in [-0.3, -0.25) is 9.97 Å². The Morgan fingerprint density at radius 3 is 2.30 bits per heavy atom. The van der Waals surface area contributed by atoms with E-state index in [1.807, 2.05) is 6.07 Å². The van der Waals surface area contributed by atoms with Crippen molar-refractivity contribution < 1.29 is 32.7 Å². The number of nitrogens with zero attached hydrogens (tertiary/aromatic N) is 3. The standard InChI is InChI=1S/C30H27N2OSi2.C13H12N.Ir/c1-34(2)14-15-35(3,4)30-27(34)18-31-29(32-30)23-11-7-10-22-25-16-20-13-12-19-8-5-6-9-21(19)24(20)17-26(25)33-28(22)23;1-10-3-6-12(7-4-10)13-8-5-11(2)9-14-13;/h5-10,12-13,16-18H,14-15H2,1-4H3;3-6,8-9H,1-2H3;/q2*-1;/i;1D3,2D3;. The van der Waals surface area contributed by atoms with Crippen LogP contribution in [-0.2, 0) is 20.1 Å². The Morgan fingerprint density at radius 1 is 0.720 bits per heavy atom. The monoisotopic (exact) mass is 868 g/mol. The molecule has 0 saturated heterocycles. The molecule has 0 N–H and O–H groups in total. The van der Waals surface area contributed by atoms with Crippen molar-refractivity contribution in [3.63, 3.8) is 0 Å². The first-order valence-electron chi connectivity index (χ1n) is 19.6. The number of fused-ring (bicyclic) bond motifs is 7. The first-order valence-corrected chi connectivity index (χ1v) is 23.0. The molecule has 4 heterocycles. The zero-order valence-corrected chi connectivity index (χ0v) is 32.7. The van der Waals surface area contributed by atoms with Crippen LogP contribution in [0.25, 0.3) is 66.1 Å². The number of hydrogen-bond donors (Lipinski definition) is 0. The molecular weight excluding hydrogens is 823 g/mol. The summed E-state index contributed by atoms with van der Waals surface area (Å²) in [4.78, 5) is 14.2. The maximum atomic E-state index is 7.28. The van der Waals surface area contributed by atoms with Gasteiger partial charge in [-0.05, 0) is 57.0 Å². The van der Waals surface area contributed by atoms with Gasteiger partial charge >= 0.3 is 0 Å². The van der Waals surface area contributed by atoms with Gasteiger partial charge in [0.1, 0.15) is 13.7 Å². The minimum Gasteiger partial charge on any atom is -0.501 e. The Morgan fingerprint density at radius 2 is 1.52 bits per heavy atom. The van der Waals surface area contributed by atoms with E-state index in [1.54, 1.807) is 12.1 Å². The molecule has 1 aliphatic rings. The van der Waals surface area contributed by atoms with Crippen LogP contribution in [0.1, 0.15) is 19.4 Å². The van der Waals surface area contributed by atoms with Crippen LogP contribution in [0, 0.1) is 25.8 Å². The first kappa shape index (κ1) is 27.5. The molecule has 251 valence electrons. The molecule has 9 rings (SSSR count). The molecule has 4 nitrogen and oxygen atoms in total. The summed E-state index contributed by atoms with van der Waals surface area (Å²) >= 11 is 0. The van der Waals surface area contributed by atoms with Gasteiger partial charge in [0, 0.05) is 51.4 Å². The summed E-state index contributed by atoms with van der Waals surface area (Å²) in [7, 11) is -3.06. The molecule has 0 fully saturated rings. The van der Waals surface area contributed by atoms with Gasteiger partial charge in [-0.15, -0.1) is 53.6 Å². The third kappa shape index (κ3) is 6.17. The van der Waals surface area contributed by atoms with Gasteiger partial charge in [0.25, 0.3) is 0 Å². The fraction of sp³-hybridized carbons (Fsp3) is 0.186. The van der Waals surface area contributed by atoms with Crippen LogP contribution < -0.4 is 10.5 Å². The molecule has 3 aromatic heterocycles. The minimum atomic E-state index is -2.18. The van der Waals surface area contributed by atoms with E-state index < -0.39 is 29.9 Å². The second-order valence-electron chi connectivity index (χ2n) is 14.2. The van der Waals surface area contributed by atoms with Crippen molar-refractivity contribution in [3.8, 4) is 22.6 Å². The molecule has 8 aromatic rings. The van der Waals surface area contributed by atoms with Crippen LogP contribution in [0.15, 0.2) is 108 Å². The van der Waals surface area contributed by atoms with Crippen molar-refractivity contribution in [2.45, 2.75) is 52.0 Å². The van der Waals surface area contributed by atoms with Crippen molar-refractivity contribution >= 4 is 70.1 Å². The Balaban J connectivity index is 0.000000197. The first-order chi connectivity index (χ1) is 26.0. The van der Waals surface area contributed by atoms with Crippen molar-refractivity contribution in [3.05, 3.63) is 127 Å². The number of aromatic nitrogens is 3. The van der Waals surface area contributed by atoms with E-state index in [1.165, 1.54) is 68.5 Å². The largest absolute Gasteiger partial charge is 0.501 e. The number of hydrogen-bond acceptors (Lipinski definition) is 4. The second kappa shape index (κ2) is 13.1. The molecule has 0 bridgehead atoms. The van der Waals surface area contributed by atoms with E-state index >= 15 is 0 Å². The van der Waals surface area contributed by atoms with E-state index in [4.69, 9.17) is 22.6 Å². The predicted octanol–water partition coefficient (Wildman–Crippen LogP) is 10.2. The average molecular weight is 868 g/mol. The number of rotatable bonds is 2. The van der Waals surface area contributed by atoms with E-state index in [2.05, 4.69) is 104 Å². The van der Waals surface area contributed by atoms with Gasteiger partial charge in [-0.2, -0.15) is 0 Å². The van der Waals surface area contributed by atoms with Crippen LogP contribution in [0.5, 0.6) is 0 Å². The van der Waals surface area contributed by atoms with Crippen LogP contribution in [-0.4, -0.2) is 31.1 Å². The van der Waals surface area contributed by atoms with E-state index in [0.29, 0.717) is 11.3 Å². The number of aryl methyl sites for hydroxylation is 2. The fourth-order valence-electron chi connectivity index (χ4n) is 6.94. The molecule has 0 saturated carbocycles. The molecule has 0 aliphatic carbocycles. The van der Waals surface area contributed by atoms with Crippen LogP contribution in [0.2, 0.25) is 38.3 Å². The van der Waals surface area contributed by atoms with E-state index in [-0.39, 0.29) is 31.2 Å². The normalized spacial score (nSPS) is 16.9. The summed E-state index contributed by atoms with van der Waals surface area (Å²) in [6.07, 6.45) is 3.43. The summed E-state index contributed by atoms with van der Waals surface area (Å²) in [5, 5.41) is 9.95. The summed E-state index contributed by atoms with van der Waals surface area (Å²) in [6, 6.07) is 38.0. The molecular formula is C43H39IrN3OSi2-2. The maximum absolute atomic E-state index is 7.28. The minimum absolute atomic E-state index is 0. The van der Waals surface area contributed by atoms with Gasteiger partial charge in [-0.1, -0.05) is 105 Å². The van der Waals surface area contributed by atoms with Crippen molar-refractivity contribution in [1.29, 1.82) is 0 Å². The van der Waals surface area contributed by atoms with Crippen molar-refractivity contribution in [2.24, 2.45) is 0 Å². The third-order valence-electron chi connectivity index (χ3n) is 9.91. The Bertz CT molecular complexity index is 2690. The van der Waals surface area contributed by atoms with Gasteiger partial charge in [0.05, 0.1) is 19.5 Å². The third-order valence-corrected chi connectivity index (χ3v) is 17.1. The SMILES string of the molecule is C[Si]1(C)CC[Si](C)(C)c2nc(-c3[c-]ccc4c3oc3cc5c(ccc6ccccc65)cc34)ncc21.[2H]C([2H])([2H])c1c[c-]c(-c2ccc(C([2H])([2H])[2H])cn2)cc1.[Ir]. The molecule has 0 spiro atoms. The topological polar surface area (TPSA) is 51.8 Å². The predicted molar refractivity (Wildman–Crippen MR) is 210 cm³/mol. The molecule has 1 aliphatic heterocycles. The fourth-order valence-corrected chi connectivity index (χ4v) is 16.8. The summed E-state index contributed by atoms with van der Waals surface area (Å²) in [5.41, 5.74) is 4.14. The quantitative estimate of drug-likeness (QED) is 0.0987. The number of benzene rings is 5. The Labute approximate surface area is 317 Å². The van der Waals surface area contributed by atoms with Gasteiger partial charge in [0.2, 0.25) is 0 Å². The molecule has 7 heteroatoms.